The van der Waals surface area contributed by atoms with Crippen LogP contribution in [0.1, 0.15) is 48.8 Å². The van der Waals surface area contributed by atoms with E-state index in [1.807, 2.05) is 0 Å². The van der Waals surface area contributed by atoms with Crippen LogP contribution in [0, 0.1) is 5.92 Å². The fourth-order valence-corrected chi connectivity index (χ4v) is 6.46. The van der Waals surface area contributed by atoms with Crippen LogP contribution in [0.15, 0.2) is 95.5 Å². The monoisotopic (exact) mass is 668 g/mol. The number of methoxy groups -OCH3 is 1. The van der Waals surface area contributed by atoms with Crippen molar-refractivity contribution in [2.24, 2.45) is 11.7 Å². The zero-order chi connectivity index (χ0) is 34.0. The van der Waals surface area contributed by atoms with Crippen LogP contribution in [-0.4, -0.2) is 38.0 Å². The van der Waals surface area contributed by atoms with Crippen molar-refractivity contribution in [3.05, 3.63) is 117 Å². The summed E-state index contributed by atoms with van der Waals surface area (Å²) >= 11 is 6.37. The number of carbonyl (C=O) groups excluding carboxylic acids is 3. The zero-order valence-electron chi connectivity index (χ0n) is 25.8. The van der Waals surface area contributed by atoms with E-state index in [1.54, 1.807) is 62.4 Å². The first kappa shape index (κ1) is 33.6. The van der Waals surface area contributed by atoms with Gasteiger partial charge in [0.1, 0.15) is 17.5 Å². The van der Waals surface area contributed by atoms with Crippen LogP contribution in [0.2, 0.25) is 5.02 Å². The predicted octanol–water partition coefficient (Wildman–Crippen LogP) is 6.89. The lowest BCUT2D eigenvalue weighted by molar-refractivity contribution is -0.152. The van der Waals surface area contributed by atoms with Gasteiger partial charge in [0.25, 0.3) is 0 Å². The van der Waals surface area contributed by atoms with Gasteiger partial charge >= 0.3 is 18.1 Å². The van der Waals surface area contributed by atoms with E-state index in [4.69, 9.17) is 31.5 Å². The summed E-state index contributed by atoms with van der Waals surface area (Å²) in [5.74, 6) is -5.46. The van der Waals surface area contributed by atoms with E-state index in [0.29, 0.717) is 21.9 Å². The number of allylic oxidation sites excluding steroid dienone is 2. The molecule has 5 rings (SSSR count). The maximum Gasteiger partial charge on any atom is 0.416 e. The van der Waals surface area contributed by atoms with Gasteiger partial charge < -0.3 is 19.9 Å². The number of hydrogen-bond acceptors (Lipinski definition) is 8. The normalized spacial score (nSPS) is 19.8. The van der Waals surface area contributed by atoms with E-state index >= 15 is 0 Å². The maximum atomic E-state index is 14.9. The third-order valence-electron chi connectivity index (χ3n) is 8.21. The lowest BCUT2D eigenvalue weighted by Gasteiger charge is -2.44. The molecule has 246 valence electrons. The van der Waals surface area contributed by atoms with Crippen molar-refractivity contribution in [1.29, 1.82) is 0 Å². The van der Waals surface area contributed by atoms with Crippen LogP contribution in [0.5, 0.6) is 5.75 Å². The molecule has 2 N–H and O–H groups in total. The molecule has 0 spiro atoms. The number of ketones is 1. The molecule has 0 saturated heterocycles. The topological polar surface area (TPSA) is 108 Å². The number of ether oxygens (including phenoxy) is 3. The Morgan fingerprint density at radius 1 is 0.957 bits per heavy atom. The zero-order valence-corrected chi connectivity index (χ0v) is 26.5. The van der Waals surface area contributed by atoms with Gasteiger partial charge in [0, 0.05) is 27.9 Å². The number of nitrogens with two attached hydrogens (primary N) is 1. The Balaban J connectivity index is 1.85. The number of alkyl halides is 3. The van der Waals surface area contributed by atoms with E-state index in [2.05, 4.69) is 0 Å². The number of Topliss-reactive ketones (excluding diaryl/α,β-unsaturated/α-hetero) is 1. The van der Waals surface area contributed by atoms with Crippen molar-refractivity contribution in [3.8, 4) is 5.75 Å². The second kappa shape index (κ2) is 13.5. The second-order valence-corrected chi connectivity index (χ2v) is 11.4. The third-order valence-corrected chi connectivity index (χ3v) is 8.45. The average molecular weight is 669 g/mol. The number of nitrogens with zero attached hydrogens (tertiary/aromatic N) is 1. The van der Waals surface area contributed by atoms with Gasteiger partial charge in [0.15, 0.2) is 5.78 Å². The molecule has 12 heteroatoms. The minimum atomic E-state index is -4.70. The number of hydrogen-bond donors (Lipinski definition) is 1. The number of esters is 2. The van der Waals surface area contributed by atoms with Crippen molar-refractivity contribution < 1.29 is 41.8 Å². The van der Waals surface area contributed by atoms with Gasteiger partial charge in [0.2, 0.25) is 0 Å². The van der Waals surface area contributed by atoms with E-state index in [-0.39, 0.29) is 48.0 Å². The van der Waals surface area contributed by atoms with Gasteiger partial charge in [-0.3, -0.25) is 14.5 Å². The lowest BCUT2D eigenvalue weighted by Crippen LogP contribution is -2.46. The number of rotatable bonds is 8. The summed E-state index contributed by atoms with van der Waals surface area (Å²) in [7, 11) is 1.48. The molecule has 1 aliphatic heterocycles. The Bertz CT molecular complexity index is 1790. The molecule has 8 nitrogen and oxygen atoms in total. The second-order valence-electron chi connectivity index (χ2n) is 10.9. The highest BCUT2D eigenvalue weighted by Crippen LogP contribution is 2.52. The summed E-state index contributed by atoms with van der Waals surface area (Å²) in [6.07, 6.45) is -4.74. The smallest absolute Gasteiger partial charge is 0.416 e. The Hall–Kier alpha value is -4.77. The Morgan fingerprint density at radius 2 is 1.64 bits per heavy atom. The van der Waals surface area contributed by atoms with E-state index in [9.17, 15) is 27.6 Å². The number of anilines is 1. The highest BCUT2D eigenvalue weighted by molar-refractivity contribution is 6.30. The van der Waals surface area contributed by atoms with Gasteiger partial charge in [0.05, 0.1) is 37.4 Å². The molecule has 3 unspecified atom stereocenters. The summed E-state index contributed by atoms with van der Waals surface area (Å²) < 4.78 is 58.0. The summed E-state index contributed by atoms with van der Waals surface area (Å²) in [5, 5.41) is 0.297. The van der Waals surface area contributed by atoms with Crippen LogP contribution in [0.3, 0.4) is 0 Å². The standard InChI is InChI=1S/C35H32ClF3N2O6/c1-4-46-33(43)28-25(19-9-7-14-24(16-19)45-3)18-26-29(31(28)42)27(20-10-6-12-22(36)15-20)30(34(44)47-5-2)32(40)41(26)23-13-8-11-21(17-23)35(37,38)39/h6-17,25,27-28H,4-5,18,40H2,1-3H3. The predicted molar refractivity (Wildman–Crippen MR) is 168 cm³/mol. The van der Waals surface area contributed by atoms with Gasteiger partial charge in [-0.2, -0.15) is 13.2 Å². The molecule has 0 saturated carbocycles. The van der Waals surface area contributed by atoms with Gasteiger partial charge in [-0.05, 0) is 73.9 Å². The first-order valence-corrected chi connectivity index (χ1v) is 15.3. The highest BCUT2D eigenvalue weighted by Gasteiger charge is 2.51. The van der Waals surface area contributed by atoms with Crippen molar-refractivity contribution in [3.63, 3.8) is 0 Å². The molecule has 1 aliphatic carbocycles. The fraction of sp³-hybridized carbons (Fsp3) is 0.286. The molecule has 47 heavy (non-hydrogen) atoms. The van der Waals surface area contributed by atoms with Crippen molar-refractivity contribution >= 4 is 35.0 Å². The first-order chi connectivity index (χ1) is 22.4. The first-order valence-electron chi connectivity index (χ1n) is 14.9. The summed E-state index contributed by atoms with van der Waals surface area (Å²) in [6, 6.07) is 17.7. The van der Waals surface area contributed by atoms with Gasteiger partial charge in [-0.25, -0.2) is 4.79 Å². The van der Waals surface area contributed by atoms with E-state index in [0.717, 1.165) is 12.1 Å². The van der Waals surface area contributed by atoms with E-state index in [1.165, 1.54) is 24.1 Å². The Kier molecular flexibility index (Phi) is 9.67. The maximum absolute atomic E-state index is 14.9. The number of benzene rings is 3. The Morgan fingerprint density at radius 3 is 2.30 bits per heavy atom. The molecule has 0 fully saturated rings. The molecule has 0 bridgehead atoms. The van der Waals surface area contributed by atoms with Gasteiger partial charge in [-0.15, -0.1) is 0 Å². The van der Waals surface area contributed by atoms with Crippen LogP contribution in [0.4, 0.5) is 18.9 Å². The molecular weight excluding hydrogens is 637 g/mol. The summed E-state index contributed by atoms with van der Waals surface area (Å²) in [4.78, 5) is 43.5. The van der Waals surface area contributed by atoms with Crippen LogP contribution in [-0.2, 0) is 30.0 Å². The van der Waals surface area contributed by atoms with Crippen LogP contribution < -0.4 is 15.4 Å². The molecule has 1 heterocycles. The largest absolute Gasteiger partial charge is 0.497 e. The third kappa shape index (κ3) is 6.44. The minimum Gasteiger partial charge on any atom is -0.497 e. The average Bonchev–Trinajstić information content (AvgIpc) is 3.04. The molecule has 0 amide bonds. The molecule has 3 aromatic rings. The molecule has 3 aromatic carbocycles. The van der Waals surface area contributed by atoms with Crippen LogP contribution >= 0.6 is 11.6 Å². The van der Waals surface area contributed by atoms with Crippen molar-refractivity contribution in [2.45, 2.75) is 38.3 Å². The van der Waals surface area contributed by atoms with Crippen molar-refractivity contribution in [2.75, 3.05) is 25.2 Å². The van der Waals surface area contributed by atoms with E-state index < -0.39 is 47.2 Å². The summed E-state index contributed by atoms with van der Waals surface area (Å²) in [5.41, 5.74) is 6.77. The van der Waals surface area contributed by atoms with Crippen molar-refractivity contribution in [1.82, 2.24) is 0 Å². The quantitative estimate of drug-likeness (QED) is 0.204. The minimum absolute atomic E-state index is 0.000805. The molecule has 0 aromatic heterocycles. The number of halogens is 4. The lowest BCUT2D eigenvalue weighted by atomic mass is 9.67. The highest BCUT2D eigenvalue weighted by atomic mass is 35.5. The Labute approximate surface area is 274 Å². The molecular formula is C35H32ClF3N2O6. The van der Waals surface area contributed by atoms with Crippen LogP contribution in [0.25, 0.3) is 0 Å². The SMILES string of the molecule is CCOC(=O)C1=C(N)N(c2cccc(C(F)(F)F)c2)C2=C(C(=O)C(C(=O)OCC)C(c3cccc(OC)c3)C2)C1c1cccc(Cl)c1. The molecule has 3 atom stereocenters. The molecule has 0 radical (unpaired) electrons. The van der Waals surface area contributed by atoms with Gasteiger partial charge in [-0.1, -0.05) is 41.9 Å². The fourth-order valence-electron chi connectivity index (χ4n) is 6.26. The molecule has 2 aliphatic rings. The summed E-state index contributed by atoms with van der Waals surface area (Å²) in [6.45, 7) is 3.14. The number of carbonyl (C=O) groups is 3.